The largest absolute Gasteiger partial charge is 0.306 e. The number of hydrogen-bond acceptors (Lipinski definition) is 4. The molecule has 0 radical (unpaired) electrons. The van der Waals surface area contributed by atoms with Crippen LogP contribution in [-0.2, 0) is 6.54 Å². The first-order valence-electron chi connectivity index (χ1n) is 8.61. The van der Waals surface area contributed by atoms with Gasteiger partial charge >= 0.3 is 0 Å². The zero-order valence-electron chi connectivity index (χ0n) is 14.5. The van der Waals surface area contributed by atoms with Gasteiger partial charge in [0.25, 0.3) is 0 Å². The fourth-order valence-electron chi connectivity index (χ4n) is 2.87. The highest BCUT2D eigenvalue weighted by Crippen LogP contribution is 2.33. The third-order valence-electron chi connectivity index (χ3n) is 4.18. The first-order valence-corrected chi connectivity index (χ1v) is 8.98. The lowest BCUT2D eigenvalue weighted by molar-refractivity contribution is 0.911. The van der Waals surface area contributed by atoms with Crippen molar-refractivity contribution in [1.82, 2.24) is 15.0 Å². The van der Waals surface area contributed by atoms with Crippen LogP contribution in [0.5, 0.6) is 0 Å². The van der Waals surface area contributed by atoms with Crippen molar-refractivity contribution in [1.29, 1.82) is 0 Å². The van der Waals surface area contributed by atoms with Crippen molar-refractivity contribution in [2.75, 3.05) is 4.90 Å². The quantitative estimate of drug-likeness (QED) is 0.462. The molecule has 0 saturated heterocycles. The van der Waals surface area contributed by atoms with Crippen molar-refractivity contribution < 1.29 is 0 Å². The van der Waals surface area contributed by atoms with E-state index < -0.39 is 0 Å². The van der Waals surface area contributed by atoms with Crippen molar-refractivity contribution in [2.24, 2.45) is 0 Å². The minimum absolute atomic E-state index is 0.635. The van der Waals surface area contributed by atoms with Gasteiger partial charge in [0.2, 0.25) is 5.95 Å². The topological polar surface area (TPSA) is 41.9 Å². The van der Waals surface area contributed by atoms with Gasteiger partial charge in [-0.15, -0.1) is 0 Å². The Morgan fingerprint density at radius 1 is 0.741 bits per heavy atom. The summed E-state index contributed by atoms with van der Waals surface area (Å²) in [6.45, 7) is 0.647. The molecule has 0 spiro atoms. The van der Waals surface area contributed by atoms with E-state index >= 15 is 0 Å². The van der Waals surface area contributed by atoms with Crippen molar-refractivity contribution in [2.45, 2.75) is 6.54 Å². The van der Waals surface area contributed by atoms with Crippen molar-refractivity contribution >= 4 is 23.2 Å². The Morgan fingerprint density at radius 3 is 2.22 bits per heavy atom. The third-order valence-corrected chi connectivity index (χ3v) is 4.51. The maximum Gasteiger partial charge on any atom is 0.230 e. The Bertz CT molecular complexity index is 1010. The number of nitrogens with zero attached hydrogens (tertiary/aromatic N) is 4. The van der Waals surface area contributed by atoms with Crippen LogP contribution in [0, 0.1) is 0 Å². The monoisotopic (exact) mass is 372 g/mol. The van der Waals surface area contributed by atoms with E-state index in [0.29, 0.717) is 17.5 Å². The van der Waals surface area contributed by atoms with Crippen molar-refractivity contribution in [3.8, 4) is 11.3 Å². The lowest BCUT2D eigenvalue weighted by Crippen LogP contribution is -2.19. The molecule has 0 fully saturated rings. The van der Waals surface area contributed by atoms with Gasteiger partial charge < -0.3 is 4.90 Å². The SMILES string of the molecule is Clc1ccc(N(Cc2ccccc2)c2ncccn2)cc1-c1ccccn1. The fourth-order valence-corrected chi connectivity index (χ4v) is 3.09. The van der Waals surface area contributed by atoms with Crippen molar-refractivity contribution in [3.63, 3.8) is 0 Å². The standard InChI is InChI=1S/C22H17ClN4/c23-20-11-10-18(15-19(20)21-9-4-5-12-24-21)27(22-25-13-6-14-26-22)16-17-7-2-1-3-8-17/h1-15H,16H2. The predicted molar refractivity (Wildman–Crippen MR) is 109 cm³/mol. The van der Waals surface area contributed by atoms with Gasteiger partial charge in [0.15, 0.2) is 0 Å². The second kappa shape index (κ2) is 7.98. The van der Waals surface area contributed by atoms with Crippen LogP contribution in [0.4, 0.5) is 11.6 Å². The van der Waals surface area contributed by atoms with Gasteiger partial charge in [-0.25, -0.2) is 9.97 Å². The van der Waals surface area contributed by atoms with Crippen molar-refractivity contribution in [3.05, 3.63) is 102 Å². The number of aromatic nitrogens is 3. The highest BCUT2D eigenvalue weighted by atomic mass is 35.5. The molecule has 0 aliphatic carbocycles. The van der Waals surface area contributed by atoms with Gasteiger partial charge in [-0.05, 0) is 42.0 Å². The summed E-state index contributed by atoms with van der Waals surface area (Å²) in [6, 6.07) is 23.7. The zero-order chi connectivity index (χ0) is 18.5. The summed E-state index contributed by atoms with van der Waals surface area (Å²) < 4.78 is 0. The highest BCUT2D eigenvalue weighted by molar-refractivity contribution is 6.33. The van der Waals surface area contributed by atoms with Crippen LogP contribution in [0.3, 0.4) is 0 Å². The molecule has 0 amide bonds. The summed E-state index contributed by atoms with van der Waals surface area (Å²) in [4.78, 5) is 15.4. The van der Waals surface area contributed by atoms with Gasteiger partial charge in [0.05, 0.1) is 17.3 Å². The van der Waals surface area contributed by atoms with Crippen LogP contribution >= 0.6 is 11.6 Å². The first-order chi connectivity index (χ1) is 13.3. The highest BCUT2D eigenvalue weighted by Gasteiger charge is 2.15. The summed E-state index contributed by atoms with van der Waals surface area (Å²) in [5.41, 5.74) is 3.83. The summed E-state index contributed by atoms with van der Waals surface area (Å²) in [7, 11) is 0. The predicted octanol–water partition coefficient (Wildman–Crippen LogP) is 5.53. The molecule has 2 aromatic heterocycles. The molecule has 0 bridgehead atoms. The molecular weight excluding hydrogens is 356 g/mol. The van der Waals surface area contributed by atoms with Crippen LogP contribution in [0.25, 0.3) is 11.3 Å². The maximum atomic E-state index is 6.45. The molecule has 2 aromatic carbocycles. The lowest BCUT2D eigenvalue weighted by atomic mass is 10.1. The molecular formula is C22H17ClN4. The van der Waals surface area contributed by atoms with E-state index in [4.69, 9.17) is 11.6 Å². The second-order valence-electron chi connectivity index (χ2n) is 6.00. The molecule has 132 valence electrons. The Balaban J connectivity index is 1.78. The Kier molecular flexibility index (Phi) is 5.08. The number of rotatable bonds is 5. The summed E-state index contributed by atoms with van der Waals surface area (Å²) in [5.74, 6) is 0.635. The molecule has 0 unspecified atom stereocenters. The molecule has 2 heterocycles. The van der Waals surface area contributed by atoms with Crippen LogP contribution in [0.15, 0.2) is 91.4 Å². The van der Waals surface area contributed by atoms with Crippen LogP contribution in [0.2, 0.25) is 5.02 Å². The average Bonchev–Trinajstić information content (AvgIpc) is 2.75. The first kappa shape index (κ1) is 17.2. The lowest BCUT2D eigenvalue weighted by Gasteiger charge is -2.23. The summed E-state index contributed by atoms with van der Waals surface area (Å²) in [6.07, 6.45) is 5.26. The number of halogens is 1. The third kappa shape index (κ3) is 3.96. The van der Waals surface area contributed by atoms with E-state index in [1.165, 1.54) is 5.56 Å². The van der Waals surface area contributed by atoms with Crippen LogP contribution in [0.1, 0.15) is 5.56 Å². The number of benzene rings is 2. The van der Waals surface area contributed by atoms with Gasteiger partial charge in [-0.2, -0.15) is 0 Å². The Labute approximate surface area is 163 Å². The summed E-state index contributed by atoms with van der Waals surface area (Å²) in [5, 5.41) is 0.658. The maximum absolute atomic E-state index is 6.45. The van der Waals surface area contributed by atoms with E-state index in [0.717, 1.165) is 16.9 Å². The number of pyridine rings is 1. The van der Waals surface area contributed by atoms with E-state index in [-0.39, 0.29) is 0 Å². The van der Waals surface area contributed by atoms with E-state index in [1.54, 1.807) is 18.6 Å². The van der Waals surface area contributed by atoms with Gasteiger partial charge in [0.1, 0.15) is 0 Å². The minimum atomic E-state index is 0.635. The van der Waals surface area contributed by atoms with Gasteiger partial charge in [0, 0.05) is 29.8 Å². The van der Waals surface area contributed by atoms with Crippen LogP contribution in [-0.4, -0.2) is 15.0 Å². The normalized spacial score (nSPS) is 10.6. The zero-order valence-corrected chi connectivity index (χ0v) is 15.3. The molecule has 0 saturated carbocycles. The molecule has 0 aliphatic heterocycles. The minimum Gasteiger partial charge on any atom is -0.306 e. The molecule has 0 N–H and O–H groups in total. The van der Waals surface area contributed by atoms with E-state index in [2.05, 4.69) is 32.0 Å². The molecule has 0 aliphatic rings. The Hall–Kier alpha value is -3.24. The molecule has 27 heavy (non-hydrogen) atoms. The number of anilines is 2. The molecule has 4 nitrogen and oxygen atoms in total. The molecule has 4 aromatic rings. The molecule has 0 atom stereocenters. The Morgan fingerprint density at radius 2 is 1.48 bits per heavy atom. The fraction of sp³-hybridized carbons (Fsp3) is 0.0455. The molecule has 5 heteroatoms. The van der Waals surface area contributed by atoms with Gasteiger partial charge in [-0.3, -0.25) is 4.98 Å². The van der Waals surface area contributed by atoms with E-state index in [1.807, 2.05) is 60.7 Å². The second-order valence-corrected chi connectivity index (χ2v) is 6.41. The summed E-state index contributed by atoms with van der Waals surface area (Å²) >= 11 is 6.45. The number of hydrogen-bond donors (Lipinski definition) is 0. The average molecular weight is 373 g/mol. The molecule has 4 rings (SSSR count). The van der Waals surface area contributed by atoms with Crippen LogP contribution < -0.4 is 4.90 Å². The smallest absolute Gasteiger partial charge is 0.230 e. The van der Waals surface area contributed by atoms with E-state index in [9.17, 15) is 0 Å². The van der Waals surface area contributed by atoms with Gasteiger partial charge in [-0.1, -0.05) is 48.0 Å².